The topological polar surface area (TPSA) is 69.0 Å². The second kappa shape index (κ2) is 6.67. The van der Waals surface area contributed by atoms with Crippen molar-refractivity contribution in [3.63, 3.8) is 0 Å². The van der Waals surface area contributed by atoms with Gasteiger partial charge in [-0.1, -0.05) is 11.2 Å². The van der Waals surface area contributed by atoms with E-state index < -0.39 is 0 Å². The Bertz CT molecular complexity index is 740. The second-order valence-corrected chi connectivity index (χ2v) is 7.01. The molecule has 25 heavy (non-hydrogen) atoms. The molecule has 1 aromatic carbocycles. The first-order valence-electron chi connectivity index (χ1n) is 8.42. The molecule has 0 radical (unpaired) electrons. The summed E-state index contributed by atoms with van der Waals surface area (Å²) in [7, 11) is 4.02. The van der Waals surface area contributed by atoms with Gasteiger partial charge in [-0.25, -0.2) is 0 Å². The van der Waals surface area contributed by atoms with Crippen LogP contribution in [0.1, 0.15) is 17.0 Å². The van der Waals surface area contributed by atoms with E-state index in [-0.39, 0.29) is 5.54 Å². The lowest BCUT2D eigenvalue weighted by molar-refractivity contribution is -0.0755. The molecule has 2 aromatic rings. The Hall–Kier alpha value is -2.09. The van der Waals surface area contributed by atoms with Crippen LogP contribution in [0.2, 0.25) is 0 Å². The lowest BCUT2D eigenvalue weighted by Crippen LogP contribution is -2.61. The van der Waals surface area contributed by atoms with Crippen molar-refractivity contribution in [3.8, 4) is 11.5 Å². The van der Waals surface area contributed by atoms with Gasteiger partial charge < -0.3 is 29.0 Å². The van der Waals surface area contributed by atoms with Crippen molar-refractivity contribution in [2.75, 3.05) is 34.1 Å². The van der Waals surface area contributed by atoms with Gasteiger partial charge in [0.25, 0.3) is 0 Å². The molecule has 0 unspecified atom stereocenters. The van der Waals surface area contributed by atoms with Crippen LogP contribution >= 0.6 is 0 Å². The van der Waals surface area contributed by atoms with E-state index in [1.807, 2.05) is 32.3 Å². The Morgan fingerprint density at radius 2 is 2.00 bits per heavy atom. The maximum atomic E-state index is 5.47. The average molecular weight is 345 g/mol. The van der Waals surface area contributed by atoms with E-state index in [0.29, 0.717) is 20.0 Å². The third-order valence-corrected chi connectivity index (χ3v) is 4.46. The summed E-state index contributed by atoms with van der Waals surface area (Å²) >= 11 is 0. The lowest BCUT2D eigenvalue weighted by atomic mass is 9.91. The second-order valence-electron chi connectivity index (χ2n) is 7.01. The van der Waals surface area contributed by atoms with E-state index in [4.69, 9.17) is 18.7 Å². The standard InChI is InChI=1S/C18H23N3O4/c1-21(2)9-15-6-14(20-25-15)7-18(10-22-11-18)19-8-13-3-4-16-17(5-13)24-12-23-16/h3-6,19H,7-12H2,1-2H3. The fraction of sp³-hybridized carbons (Fsp3) is 0.500. The van der Waals surface area contributed by atoms with Crippen molar-refractivity contribution in [1.29, 1.82) is 0 Å². The molecule has 0 bridgehead atoms. The summed E-state index contributed by atoms with van der Waals surface area (Å²) in [5.41, 5.74) is 2.02. The highest BCUT2D eigenvalue weighted by Gasteiger charge is 2.39. The minimum Gasteiger partial charge on any atom is -0.454 e. The monoisotopic (exact) mass is 345 g/mol. The fourth-order valence-electron chi connectivity index (χ4n) is 3.13. The van der Waals surface area contributed by atoms with E-state index in [1.54, 1.807) is 0 Å². The molecule has 3 heterocycles. The van der Waals surface area contributed by atoms with Crippen LogP contribution in [0.4, 0.5) is 0 Å². The molecule has 0 atom stereocenters. The molecule has 1 fully saturated rings. The summed E-state index contributed by atoms with van der Waals surface area (Å²) in [4.78, 5) is 2.06. The van der Waals surface area contributed by atoms with E-state index >= 15 is 0 Å². The quantitative estimate of drug-likeness (QED) is 0.817. The summed E-state index contributed by atoms with van der Waals surface area (Å²) in [6, 6.07) is 8.06. The smallest absolute Gasteiger partial charge is 0.231 e. The van der Waals surface area contributed by atoms with Gasteiger partial charge in [0.2, 0.25) is 6.79 Å². The van der Waals surface area contributed by atoms with Crippen molar-refractivity contribution in [1.82, 2.24) is 15.4 Å². The van der Waals surface area contributed by atoms with Crippen LogP contribution in [-0.2, 0) is 24.2 Å². The van der Waals surface area contributed by atoms with E-state index in [9.17, 15) is 0 Å². The third kappa shape index (κ3) is 3.63. The molecule has 1 N–H and O–H groups in total. The molecule has 1 aromatic heterocycles. The molecule has 7 heteroatoms. The summed E-state index contributed by atoms with van der Waals surface area (Å²) in [5.74, 6) is 2.50. The van der Waals surface area contributed by atoms with Gasteiger partial charge in [-0.2, -0.15) is 0 Å². The number of hydrogen-bond acceptors (Lipinski definition) is 7. The van der Waals surface area contributed by atoms with Crippen molar-refractivity contribution in [2.45, 2.75) is 25.0 Å². The molecule has 0 amide bonds. The molecule has 2 aliphatic rings. The Morgan fingerprint density at radius 1 is 1.16 bits per heavy atom. The number of fused-ring (bicyclic) bond motifs is 1. The number of ether oxygens (including phenoxy) is 3. The van der Waals surface area contributed by atoms with E-state index in [1.165, 1.54) is 0 Å². The van der Waals surface area contributed by atoms with Crippen molar-refractivity contribution >= 4 is 0 Å². The van der Waals surface area contributed by atoms with Crippen LogP contribution in [0, 0.1) is 0 Å². The maximum absolute atomic E-state index is 5.47. The van der Waals surface area contributed by atoms with Crippen LogP contribution in [0.15, 0.2) is 28.8 Å². The molecule has 1 saturated heterocycles. The number of rotatable bonds is 7. The molecular weight excluding hydrogens is 322 g/mol. The number of nitrogens with zero attached hydrogens (tertiary/aromatic N) is 2. The van der Waals surface area contributed by atoms with E-state index in [0.717, 1.165) is 48.0 Å². The van der Waals surface area contributed by atoms with E-state index in [2.05, 4.69) is 21.4 Å². The van der Waals surface area contributed by atoms with Crippen LogP contribution in [0.5, 0.6) is 11.5 Å². The molecule has 0 aliphatic carbocycles. The number of benzene rings is 1. The predicted molar refractivity (Wildman–Crippen MR) is 90.6 cm³/mol. The van der Waals surface area contributed by atoms with Crippen molar-refractivity contribution in [3.05, 3.63) is 41.3 Å². The maximum Gasteiger partial charge on any atom is 0.231 e. The highest BCUT2D eigenvalue weighted by Crippen LogP contribution is 2.33. The molecule has 2 aliphatic heterocycles. The average Bonchev–Trinajstić information content (AvgIpc) is 3.17. The first-order chi connectivity index (χ1) is 12.1. The SMILES string of the molecule is CN(C)Cc1cc(CC2(NCc3ccc4c(c3)OCO4)COC2)no1. The molecular formula is C18H23N3O4. The minimum atomic E-state index is -0.0946. The third-order valence-electron chi connectivity index (χ3n) is 4.46. The molecule has 4 rings (SSSR count). The fourth-order valence-corrected chi connectivity index (χ4v) is 3.13. The predicted octanol–water partition coefficient (Wildman–Crippen LogP) is 1.57. The molecule has 7 nitrogen and oxygen atoms in total. The van der Waals surface area contributed by atoms with Crippen molar-refractivity contribution in [2.24, 2.45) is 0 Å². The summed E-state index contributed by atoms with van der Waals surface area (Å²) in [6.07, 6.45) is 0.786. The molecule has 0 saturated carbocycles. The Balaban J connectivity index is 1.38. The zero-order valence-electron chi connectivity index (χ0n) is 14.6. The van der Waals surface area contributed by atoms with Crippen LogP contribution < -0.4 is 14.8 Å². The Morgan fingerprint density at radius 3 is 2.76 bits per heavy atom. The molecule has 134 valence electrons. The Kier molecular flexibility index (Phi) is 4.37. The summed E-state index contributed by atoms with van der Waals surface area (Å²) in [6.45, 7) is 3.13. The first kappa shape index (κ1) is 16.4. The van der Waals surface area contributed by atoms with Gasteiger partial charge in [0.05, 0.1) is 31.0 Å². The van der Waals surface area contributed by atoms with Crippen molar-refractivity contribution < 1.29 is 18.7 Å². The number of aromatic nitrogens is 1. The van der Waals surface area contributed by atoms with Gasteiger partial charge in [-0.3, -0.25) is 0 Å². The van der Waals surface area contributed by atoms with Gasteiger partial charge in [0.15, 0.2) is 17.3 Å². The van der Waals surface area contributed by atoms with Crippen LogP contribution in [0.25, 0.3) is 0 Å². The van der Waals surface area contributed by atoms with Gasteiger partial charge in [0, 0.05) is 19.0 Å². The summed E-state index contributed by atoms with van der Waals surface area (Å²) < 4.78 is 21.7. The highest BCUT2D eigenvalue weighted by molar-refractivity contribution is 5.44. The van der Waals surface area contributed by atoms with Gasteiger partial charge >= 0.3 is 0 Å². The molecule has 0 spiro atoms. The zero-order chi connectivity index (χ0) is 17.3. The largest absolute Gasteiger partial charge is 0.454 e. The minimum absolute atomic E-state index is 0.0946. The Labute approximate surface area is 146 Å². The van der Waals surface area contributed by atoms with Crippen LogP contribution in [-0.4, -0.2) is 49.7 Å². The number of nitrogens with one attached hydrogen (secondary N) is 1. The highest BCUT2D eigenvalue weighted by atomic mass is 16.7. The first-order valence-corrected chi connectivity index (χ1v) is 8.42. The number of hydrogen-bond donors (Lipinski definition) is 1. The van der Waals surface area contributed by atoms with Gasteiger partial charge in [0.1, 0.15) is 0 Å². The normalized spacial score (nSPS) is 17.7. The van der Waals surface area contributed by atoms with Gasteiger partial charge in [-0.15, -0.1) is 0 Å². The zero-order valence-corrected chi connectivity index (χ0v) is 14.6. The summed E-state index contributed by atoms with van der Waals surface area (Å²) in [5, 5.41) is 7.83. The van der Waals surface area contributed by atoms with Gasteiger partial charge in [-0.05, 0) is 31.8 Å². The van der Waals surface area contributed by atoms with Crippen LogP contribution in [0.3, 0.4) is 0 Å². The lowest BCUT2D eigenvalue weighted by Gasteiger charge is -2.42.